The summed E-state index contributed by atoms with van der Waals surface area (Å²) in [7, 11) is -2.13. The van der Waals surface area contributed by atoms with Crippen molar-refractivity contribution < 1.29 is 13.3 Å². The van der Waals surface area contributed by atoms with Crippen LogP contribution in [0.25, 0.3) is 0 Å². The van der Waals surface area contributed by atoms with Gasteiger partial charge in [0.15, 0.2) is 5.00 Å². The molecule has 7 nitrogen and oxygen atoms in total. The second-order valence-electron chi connectivity index (χ2n) is 4.77. The van der Waals surface area contributed by atoms with Crippen LogP contribution in [0.2, 0.25) is 0 Å². The van der Waals surface area contributed by atoms with Crippen LogP contribution in [0.4, 0.5) is 10.7 Å². The number of nitro groups is 1. The molecule has 0 aromatic carbocycles. The minimum absolute atomic E-state index is 0.0278. The second kappa shape index (κ2) is 6.06. The maximum absolute atomic E-state index is 12.0. The first-order valence-electron chi connectivity index (χ1n) is 6.39. The molecule has 0 bridgehead atoms. The first-order chi connectivity index (χ1) is 9.44. The summed E-state index contributed by atoms with van der Waals surface area (Å²) in [6.07, 6.45) is 4.33. The van der Waals surface area contributed by atoms with Gasteiger partial charge in [-0.2, -0.15) is 0 Å². The van der Waals surface area contributed by atoms with E-state index in [0.29, 0.717) is 6.54 Å². The predicted octanol–water partition coefficient (Wildman–Crippen LogP) is 2.17. The molecule has 112 valence electrons. The van der Waals surface area contributed by atoms with Gasteiger partial charge in [0, 0.05) is 19.7 Å². The quantitative estimate of drug-likeness (QED) is 0.434. The van der Waals surface area contributed by atoms with E-state index in [1.54, 1.807) is 0 Å². The Morgan fingerprint density at radius 2 is 2.20 bits per heavy atom. The van der Waals surface area contributed by atoms with Crippen molar-refractivity contribution in [2.75, 3.05) is 18.9 Å². The van der Waals surface area contributed by atoms with Gasteiger partial charge in [-0.1, -0.05) is 24.2 Å². The summed E-state index contributed by atoms with van der Waals surface area (Å²) in [5, 5.41) is 13.7. The van der Waals surface area contributed by atoms with Crippen LogP contribution >= 0.6 is 11.3 Å². The van der Waals surface area contributed by atoms with E-state index >= 15 is 0 Å². The normalized spacial score (nSPS) is 15.2. The number of hydrogen-bond acceptors (Lipinski definition) is 6. The van der Waals surface area contributed by atoms with E-state index in [0.717, 1.165) is 36.2 Å². The number of anilines is 1. The molecule has 0 saturated heterocycles. The summed E-state index contributed by atoms with van der Waals surface area (Å²) in [6, 6.07) is 1.10. The highest BCUT2D eigenvalue weighted by Crippen LogP contribution is 2.36. The van der Waals surface area contributed by atoms with Crippen LogP contribution < -0.4 is 10.0 Å². The standard InChI is InChI=1S/C11H17N3O4S2/c1-12-11-9(14(15)16)7-10(19-11)20(17,18)13-6-2-3-8-4-5-8/h7-8,12-13H,2-6H2,1H3. The van der Waals surface area contributed by atoms with Crippen LogP contribution in [0, 0.1) is 16.0 Å². The van der Waals surface area contributed by atoms with Gasteiger partial charge in [-0.3, -0.25) is 10.1 Å². The minimum atomic E-state index is -3.66. The Hall–Kier alpha value is -1.19. The second-order valence-corrected chi connectivity index (χ2v) is 7.82. The fourth-order valence-electron chi connectivity index (χ4n) is 1.88. The Morgan fingerprint density at radius 1 is 1.50 bits per heavy atom. The smallest absolute Gasteiger partial charge is 0.304 e. The van der Waals surface area contributed by atoms with Crippen molar-refractivity contribution in [3.63, 3.8) is 0 Å². The van der Waals surface area contributed by atoms with E-state index in [1.807, 2.05) is 0 Å². The number of nitrogens with zero attached hydrogens (tertiary/aromatic N) is 1. The van der Waals surface area contributed by atoms with E-state index in [9.17, 15) is 18.5 Å². The summed E-state index contributed by atoms with van der Waals surface area (Å²) in [5.41, 5.74) is -0.212. The molecular formula is C11H17N3O4S2. The van der Waals surface area contributed by atoms with E-state index in [4.69, 9.17) is 0 Å². The van der Waals surface area contributed by atoms with Crippen LogP contribution in [0.3, 0.4) is 0 Å². The van der Waals surface area contributed by atoms with Crippen molar-refractivity contribution in [2.24, 2.45) is 5.92 Å². The monoisotopic (exact) mass is 319 g/mol. The van der Waals surface area contributed by atoms with Gasteiger partial charge in [-0.15, -0.1) is 0 Å². The van der Waals surface area contributed by atoms with E-state index in [2.05, 4.69) is 10.0 Å². The molecule has 0 unspecified atom stereocenters. The maximum Gasteiger partial charge on any atom is 0.304 e. The van der Waals surface area contributed by atoms with Crippen LogP contribution in [-0.2, 0) is 10.0 Å². The summed E-state index contributed by atoms with van der Waals surface area (Å²) < 4.78 is 26.6. The van der Waals surface area contributed by atoms with Gasteiger partial charge in [0.25, 0.3) is 0 Å². The first kappa shape index (κ1) is 15.2. The van der Waals surface area contributed by atoms with Gasteiger partial charge in [0.05, 0.1) is 4.92 Å². The van der Waals surface area contributed by atoms with Gasteiger partial charge in [0.2, 0.25) is 10.0 Å². The van der Waals surface area contributed by atoms with E-state index in [1.165, 1.54) is 19.9 Å². The van der Waals surface area contributed by atoms with Crippen LogP contribution in [0.1, 0.15) is 25.7 Å². The summed E-state index contributed by atoms with van der Waals surface area (Å²) in [5.74, 6) is 0.762. The molecule has 0 aliphatic heterocycles. The predicted molar refractivity (Wildman–Crippen MR) is 77.7 cm³/mol. The van der Waals surface area contributed by atoms with Gasteiger partial charge in [-0.25, -0.2) is 13.1 Å². The van der Waals surface area contributed by atoms with Crippen molar-refractivity contribution in [1.82, 2.24) is 4.72 Å². The Morgan fingerprint density at radius 3 is 2.70 bits per heavy atom. The van der Waals surface area contributed by atoms with Crippen LogP contribution in [0.5, 0.6) is 0 Å². The molecule has 9 heteroatoms. The lowest BCUT2D eigenvalue weighted by molar-refractivity contribution is -0.383. The number of sulfonamides is 1. The molecule has 2 N–H and O–H groups in total. The Kier molecular flexibility index (Phi) is 4.61. The van der Waals surface area contributed by atoms with Crippen molar-refractivity contribution >= 4 is 32.0 Å². The molecule has 2 rings (SSSR count). The summed E-state index contributed by atoms with van der Waals surface area (Å²) >= 11 is 0.868. The first-order valence-corrected chi connectivity index (χ1v) is 8.69. The molecule has 0 atom stereocenters. The fourth-order valence-corrected chi connectivity index (χ4v) is 4.28. The molecule has 1 saturated carbocycles. The van der Waals surface area contributed by atoms with Crippen molar-refractivity contribution in [1.29, 1.82) is 0 Å². The highest BCUT2D eigenvalue weighted by Gasteiger charge is 2.26. The zero-order chi connectivity index (χ0) is 14.8. The molecule has 20 heavy (non-hydrogen) atoms. The lowest BCUT2D eigenvalue weighted by atomic mass is 10.2. The third kappa shape index (κ3) is 3.68. The van der Waals surface area contributed by atoms with Crippen molar-refractivity contribution in [3.8, 4) is 0 Å². The lowest BCUT2D eigenvalue weighted by Crippen LogP contribution is -2.24. The molecule has 1 heterocycles. The average molecular weight is 319 g/mol. The lowest BCUT2D eigenvalue weighted by Gasteiger charge is -2.03. The molecule has 1 aromatic rings. The highest BCUT2D eigenvalue weighted by atomic mass is 32.2. The fraction of sp³-hybridized carbons (Fsp3) is 0.636. The van der Waals surface area contributed by atoms with Crippen LogP contribution in [0.15, 0.2) is 10.3 Å². The molecule has 0 radical (unpaired) electrons. The highest BCUT2D eigenvalue weighted by molar-refractivity contribution is 7.91. The molecule has 1 aliphatic rings. The van der Waals surface area contributed by atoms with Gasteiger partial charge >= 0.3 is 5.69 Å². The molecule has 1 aliphatic carbocycles. The number of hydrogen-bond donors (Lipinski definition) is 2. The van der Waals surface area contributed by atoms with Gasteiger partial charge < -0.3 is 5.32 Å². The van der Waals surface area contributed by atoms with Gasteiger partial charge in [-0.05, 0) is 18.8 Å². The Balaban J connectivity index is 2.01. The van der Waals surface area contributed by atoms with Gasteiger partial charge in [0.1, 0.15) is 4.21 Å². The zero-order valence-electron chi connectivity index (χ0n) is 11.1. The Labute approximate surface area is 121 Å². The molecule has 0 spiro atoms. The maximum atomic E-state index is 12.0. The largest absolute Gasteiger partial charge is 0.374 e. The zero-order valence-corrected chi connectivity index (χ0v) is 12.7. The Bertz CT molecular complexity index is 593. The van der Waals surface area contributed by atoms with E-state index in [-0.39, 0.29) is 14.9 Å². The third-order valence-corrected chi connectivity index (χ3v) is 6.23. The molecule has 1 fully saturated rings. The van der Waals surface area contributed by atoms with Crippen molar-refractivity contribution in [2.45, 2.75) is 29.9 Å². The minimum Gasteiger partial charge on any atom is -0.374 e. The third-order valence-electron chi connectivity index (χ3n) is 3.16. The molecular weight excluding hydrogens is 302 g/mol. The summed E-state index contributed by atoms with van der Waals surface area (Å²) in [4.78, 5) is 10.2. The van der Waals surface area contributed by atoms with E-state index < -0.39 is 14.9 Å². The number of nitrogens with one attached hydrogen (secondary N) is 2. The SMILES string of the molecule is CNc1sc(S(=O)(=O)NCCCC2CC2)cc1[N+](=O)[O-]. The number of rotatable bonds is 8. The summed E-state index contributed by atoms with van der Waals surface area (Å²) in [6.45, 7) is 0.374. The van der Waals surface area contributed by atoms with Crippen molar-refractivity contribution in [3.05, 3.63) is 16.2 Å². The number of thiophene rings is 1. The topological polar surface area (TPSA) is 101 Å². The van der Waals surface area contributed by atoms with Crippen LogP contribution in [-0.4, -0.2) is 26.9 Å². The average Bonchev–Trinajstić information content (AvgIpc) is 3.09. The molecule has 0 amide bonds. The molecule has 1 aromatic heterocycles.